The molecule has 39 heavy (non-hydrogen) atoms. The zero-order valence-electron chi connectivity index (χ0n) is 22.7. The lowest BCUT2D eigenvalue weighted by molar-refractivity contribution is -0.130. The number of amides is 3. The van der Waals surface area contributed by atoms with Gasteiger partial charge in [0.15, 0.2) is 0 Å². The topological polar surface area (TPSA) is 112 Å². The van der Waals surface area contributed by atoms with Crippen LogP contribution in [-0.4, -0.2) is 46.0 Å². The van der Waals surface area contributed by atoms with Crippen LogP contribution in [0.25, 0.3) is 22.4 Å². The van der Waals surface area contributed by atoms with E-state index in [4.69, 9.17) is 10.1 Å². The van der Waals surface area contributed by atoms with Gasteiger partial charge in [-0.15, -0.1) is 0 Å². The summed E-state index contributed by atoms with van der Waals surface area (Å²) in [5, 5.41) is 14.5. The minimum absolute atomic E-state index is 0.0313. The van der Waals surface area contributed by atoms with Crippen molar-refractivity contribution in [1.82, 2.24) is 15.2 Å². The molecule has 4 rings (SSSR count). The minimum Gasteiger partial charge on any atom is -0.465 e. The van der Waals surface area contributed by atoms with Gasteiger partial charge in [-0.25, -0.2) is 4.79 Å². The SMILES string of the molecule is CC(=O)N(C)[C@H]1CC[C@H](CC(=O)Nc2cnc(-c3ccc([C@H](C)NC(=O)O)cc3)c(-c3ccccc3)c2)CC1. The van der Waals surface area contributed by atoms with Gasteiger partial charge in [-0.1, -0.05) is 54.6 Å². The first kappa shape index (κ1) is 27.8. The molecule has 1 saturated carbocycles. The largest absolute Gasteiger partial charge is 0.465 e. The molecule has 3 amide bonds. The lowest BCUT2D eigenvalue weighted by Crippen LogP contribution is -2.38. The maximum Gasteiger partial charge on any atom is 0.405 e. The molecule has 0 bridgehead atoms. The van der Waals surface area contributed by atoms with Gasteiger partial charge in [-0.05, 0) is 55.7 Å². The van der Waals surface area contributed by atoms with E-state index >= 15 is 0 Å². The van der Waals surface area contributed by atoms with Gasteiger partial charge < -0.3 is 20.6 Å². The lowest BCUT2D eigenvalue weighted by atomic mass is 9.83. The average molecular weight is 529 g/mol. The smallest absolute Gasteiger partial charge is 0.405 e. The Bertz CT molecular complexity index is 1300. The van der Waals surface area contributed by atoms with Gasteiger partial charge in [0.05, 0.1) is 23.6 Å². The second kappa shape index (κ2) is 12.6. The third-order valence-corrected chi connectivity index (χ3v) is 7.62. The molecule has 8 heteroatoms. The molecule has 3 N–H and O–H groups in total. The first-order chi connectivity index (χ1) is 18.7. The molecular formula is C31H36N4O4. The van der Waals surface area contributed by atoms with Gasteiger partial charge in [0.25, 0.3) is 0 Å². The number of aromatic nitrogens is 1. The lowest BCUT2D eigenvalue weighted by Gasteiger charge is -2.34. The number of pyridine rings is 1. The van der Waals surface area contributed by atoms with Crippen LogP contribution < -0.4 is 10.6 Å². The summed E-state index contributed by atoms with van der Waals surface area (Å²) in [6.07, 6.45) is 4.77. The highest BCUT2D eigenvalue weighted by Crippen LogP contribution is 2.34. The molecule has 0 aliphatic heterocycles. The summed E-state index contributed by atoms with van der Waals surface area (Å²) in [5.74, 6) is 0.359. The number of rotatable bonds is 8. The predicted molar refractivity (Wildman–Crippen MR) is 152 cm³/mol. The number of carboxylic acid groups (broad SMARTS) is 1. The van der Waals surface area contributed by atoms with E-state index in [-0.39, 0.29) is 23.9 Å². The number of hydrogen-bond donors (Lipinski definition) is 3. The minimum atomic E-state index is -1.06. The Morgan fingerprint density at radius 3 is 2.28 bits per heavy atom. The Morgan fingerprint density at radius 2 is 1.67 bits per heavy atom. The van der Waals surface area contributed by atoms with Gasteiger partial charge in [-0.3, -0.25) is 14.6 Å². The van der Waals surface area contributed by atoms with Gasteiger partial charge >= 0.3 is 6.09 Å². The van der Waals surface area contributed by atoms with Crippen LogP contribution in [0.2, 0.25) is 0 Å². The Hall–Kier alpha value is -4.20. The van der Waals surface area contributed by atoms with E-state index in [2.05, 4.69) is 10.6 Å². The van der Waals surface area contributed by atoms with Crippen molar-refractivity contribution in [2.24, 2.45) is 5.92 Å². The van der Waals surface area contributed by atoms with E-state index in [9.17, 15) is 14.4 Å². The molecule has 0 saturated heterocycles. The second-order valence-corrected chi connectivity index (χ2v) is 10.3. The van der Waals surface area contributed by atoms with E-state index in [0.29, 0.717) is 18.0 Å². The summed E-state index contributed by atoms with van der Waals surface area (Å²) in [6.45, 7) is 3.39. The van der Waals surface area contributed by atoms with Gasteiger partial charge in [-0.2, -0.15) is 0 Å². The molecule has 1 atom stereocenters. The van der Waals surface area contributed by atoms with Crippen LogP contribution >= 0.6 is 0 Å². The zero-order chi connectivity index (χ0) is 27.9. The van der Waals surface area contributed by atoms with Crippen molar-refractivity contribution < 1.29 is 19.5 Å². The molecule has 204 valence electrons. The fourth-order valence-corrected chi connectivity index (χ4v) is 5.27. The van der Waals surface area contributed by atoms with Crippen molar-refractivity contribution in [3.63, 3.8) is 0 Å². The van der Waals surface area contributed by atoms with Crippen molar-refractivity contribution in [2.75, 3.05) is 12.4 Å². The van der Waals surface area contributed by atoms with E-state index in [1.165, 1.54) is 0 Å². The number of carbonyl (C=O) groups is 3. The van der Waals surface area contributed by atoms with Gasteiger partial charge in [0.2, 0.25) is 11.8 Å². The normalized spacial score (nSPS) is 17.6. The fraction of sp³-hybridized carbons (Fsp3) is 0.355. The zero-order valence-corrected chi connectivity index (χ0v) is 22.7. The third-order valence-electron chi connectivity index (χ3n) is 7.62. The van der Waals surface area contributed by atoms with Gasteiger partial charge in [0, 0.05) is 37.6 Å². The summed E-state index contributed by atoms with van der Waals surface area (Å²) in [6, 6.07) is 19.4. The molecule has 1 aliphatic carbocycles. The predicted octanol–water partition coefficient (Wildman–Crippen LogP) is 6.11. The molecule has 1 heterocycles. The van der Waals surface area contributed by atoms with Crippen LogP contribution in [-0.2, 0) is 9.59 Å². The quantitative estimate of drug-likeness (QED) is 0.327. The van der Waals surface area contributed by atoms with Crippen LogP contribution in [0.3, 0.4) is 0 Å². The average Bonchev–Trinajstić information content (AvgIpc) is 2.93. The molecule has 3 aromatic rings. The number of carbonyl (C=O) groups excluding carboxylic acids is 2. The number of nitrogens with zero attached hydrogens (tertiary/aromatic N) is 2. The summed E-state index contributed by atoms with van der Waals surface area (Å²) >= 11 is 0. The summed E-state index contributed by atoms with van der Waals surface area (Å²) in [7, 11) is 1.85. The molecular weight excluding hydrogens is 492 g/mol. The number of anilines is 1. The van der Waals surface area contributed by atoms with Gasteiger partial charge in [0.1, 0.15) is 0 Å². The van der Waals surface area contributed by atoms with E-state index in [1.807, 2.05) is 72.6 Å². The molecule has 0 radical (unpaired) electrons. The Kier molecular flexibility index (Phi) is 8.96. The Balaban J connectivity index is 1.48. The standard InChI is InChI=1S/C31H36N4O4/c1-20(33-31(38)39)23-11-13-25(14-12-23)30-28(24-7-5-4-6-8-24)18-26(19-32-30)34-29(37)17-22-9-15-27(16-10-22)35(3)21(2)36/h4-8,11-14,18-20,22,27,33H,9-10,15-17H2,1-3H3,(H,34,37)(H,38,39)/t20-,22-,27-/m0/s1. The maximum atomic E-state index is 12.9. The van der Waals surface area contributed by atoms with Crippen molar-refractivity contribution in [1.29, 1.82) is 0 Å². The first-order valence-corrected chi connectivity index (χ1v) is 13.4. The highest BCUT2D eigenvalue weighted by molar-refractivity contribution is 5.93. The Morgan fingerprint density at radius 1 is 1.00 bits per heavy atom. The van der Waals surface area contributed by atoms with Crippen molar-refractivity contribution in [3.8, 4) is 22.4 Å². The van der Waals surface area contributed by atoms with Crippen LogP contribution in [0.4, 0.5) is 10.5 Å². The third kappa shape index (κ3) is 7.22. The number of nitrogens with one attached hydrogen (secondary N) is 2. The summed E-state index contributed by atoms with van der Waals surface area (Å²) in [4.78, 5) is 42.1. The highest BCUT2D eigenvalue weighted by atomic mass is 16.4. The molecule has 8 nitrogen and oxygen atoms in total. The molecule has 2 aromatic carbocycles. The van der Waals surface area contributed by atoms with Crippen LogP contribution in [0, 0.1) is 5.92 Å². The van der Waals surface area contributed by atoms with Crippen LogP contribution in [0.1, 0.15) is 57.6 Å². The molecule has 0 unspecified atom stereocenters. The summed E-state index contributed by atoms with van der Waals surface area (Å²) in [5.41, 5.74) is 5.04. The molecule has 1 fully saturated rings. The maximum absolute atomic E-state index is 12.9. The Labute approximate surface area is 229 Å². The fourth-order valence-electron chi connectivity index (χ4n) is 5.27. The van der Waals surface area contributed by atoms with Crippen LogP contribution in [0.5, 0.6) is 0 Å². The monoisotopic (exact) mass is 528 g/mol. The van der Waals surface area contributed by atoms with Crippen molar-refractivity contribution in [3.05, 3.63) is 72.4 Å². The second-order valence-electron chi connectivity index (χ2n) is 10.3. The first-order valence-electron chi connectivity index (χ1n) is 13.4. The van der Waals surface area contributed by atoms with E-state index in [1.54, 1.807) is 20.0 Å². The number of benzene rings is 2. The summed E-state index contributed by atoms with van der Waals surface area (Å²) < 4.78 is 0. The van der Waals surface area contributed by atoms with Crippen molar-refractivity contribution >= 4 is 23.6 Å². The highest BCUT2D eigenvalue weighted by Gasteiger charge is 2.26. The van der Waals surface area contributed by atoms with E-state index < -0.39 is 6.09 Å². The number of hydrogen-bond acceptors (Lipinski definition) is 4. The van der Waals surface area contributed by atoms with Crippen molar-refractivity contribution in [2.45, 2.75) is 58.0 Å². The molecule has 0 spiro atoms. The molecule has 1 aliphatic rings. The van der Waals surface area contributed by atoms with E-state index in [0.717, 1.165) is 53.6 Å². The van der Waals surface area contributed by atoms with Crippen LogP contribution in [0.15, 0.2) is 66.9 Å². The molecule has 1 aromatic heterocycles.